The van der Waals surface area contributed by atoms with Crippen molar-refractivity contribution in [3.8, 4) is 17.2 Å². The van der Waals surface area contributed by atoms with E-state index in [-0.39, 0.29) is 47.2 Å². The van der Waals surface area contributed by atoms with Crippen LogP contribution in [-0.4, -0.2) is 67.6 Å². The van der Waals surface area contributed by atoms with Crippen LogP contribution in [0.5, 0.6) is 17.2 Å². The Balaban J connectivity index is 1.70. The number of carbonyl (C=O) groups excluding carboxylic acids is 1. The number of nitrogens with one attached hydrogen (secondary N) is 1. The van der Waals surface area contributed by atoms with Gasteiger partial charge in [0.2, 0.25) is 0 Å². The first-order valence-electron chi connectivity index (χ1n) is 12.0. The van der Waals surface area contributed by atoms with Crippen molar-refractivity contribution in [2.75, 3.05) is 38.8 Å². The van der Waals surface area contributed by atoms with Crippen LogP contribution in [-0.2, 0) is 16.8 Å². The first-order valence-corrected chi connectivity index (χ1v) is 12.0. The first kappa shape index (κ1) is 26.2. The largest absolute Gasteiger partial charge is 0.493 e. The van der Waals surface area contributed by atoms with Gasteiger partial charge in [0.1, 0.15) is 24.2 Å². The second-order valence-electron chi connectivity index (χ2n) is 10.3. The van der Waals surface area contributed by atoms with Gasteiger partial charge in [0.25, 0.3) is 0 Å². The van der Waals surface area contributed by atoms with E-state index in [1.807, 2.05) is 20.8 Å². The number of carboxylic acids is 1. The molecule has 0 saturated carbocycles. The highest BCUT2D eigenvalue weighted by Crippen LogP contribution is 2.43. The number of carbonyl (C=O) groups is 2. The van der Waals surface area contributed by atoms with Crippen LogP contribution >= 0.6 is 0 Å². The number of fused-ring (bicyclic) bond motifs is 2. The number of aliphatic carboxylic acids is 1. The Hall–Kier alpha value is -3.82. The third-order valence-electron chi connectivity index (χ3n) is 6.85. The minimum Gasteiger partial charge on any atom is -0.493 e. The number of Topliss-reactive ketones (excluding diaryl/α,β-unsaturated/α-hetero) is 1. The number of ketones is 1. The zero-order valence-electron chi connectivity index (χ0n) is 21.9. The minimum atomic E-state index is -0.974. The van der Waals surface area contributed by atoms with Crippen LogP contribution in [0, 0.1) is 11.2 Å². The van der Waals surface area contributed by atoms with Crippen molar-refractivity contribution in [1.82, 2.24) is 4.90 Å². The van der Waals surface area contributed by atoms with E-state index >= 15 is 4.39 Å². The fourth-order valence-corrected chi connectivity index (χ4v) is 4.82. The number of methoxy groups -OCH3 is 2. The van der Waals surface area contributed by atoms with E-state index in [9.17, 15) is 14.7 Å². The fraction of sp³-hybridized carbons (Fsp3) is 0.444. The van der Waals surface area contributed by atoms with Crippen molar-refractivity contribution in [1.29, 1.82) is 5.41 Å². The zero-order valence-corrected chi connectivity index (χ0v) is 21.9. The lowest BCUT2D eigenvalue weighted by molar-refractivity contribution is -0.138. The van der Waals surface area contributed by atoms with Gasteiger partial charge in [-0.2, -0.15) is 0 Å². The molecule has 0 saturated heterocycles. The van der Waals surface area contributed by atoms with Gasteiger partial charge in [0.15, 0.2) is 23.1 Å². The van der Waals surface area contributed by atoms with Gasteiger partial charge in [-0.1, -0.05) is 20.8 Å². The predicted octanol–water partition coefficient (Wildman–Crippen LogP) is 3.84. The van der Waals surface area contributed by atoms with Gasteiger partial charge < -0.3 is 29.1 Å². The lowest BCUT2D eigenvalue weighted by Crippen LogP contribution is -2.44. The number of nitrogens with zero attached hydrogens (tertiary/aromatic N) is 2. The Kier molecular flexibility index (Phi) is 6.79. The van der Waals surface area contributed by atoms with Crippen LogP contribution in [0.2, 0.25) is 0 Å². The van der Waals surface area contributed by atoms with Crippen molar-refractivity contribution >= 4 is 23.3 Å². The molecule has 9 nitrogen and oxygen atoms in total. The van der Waals surface area contributed by atoms with Gasteiger partial charge in [-0.05, 0) is 36.1 Å². The van der Waals surface area contributed by atoms with Crippen molar-refractivity contribution in [2.45, 2.75) is 45.7 Å². The molecular formula is C27H32FN3O6. The SMILES string of the molecule is COc1cc2c(c(F)c1OC)C(=N)N(CC(=O)c1cc3c(c(C(C)(C)C)c1)OCCN3C(C)C(=O)O)C2. The molecule has 2 aromatic rings. The molecular weight excluding hydrogens is 481 g/mol. The fourth-order valence-electron chi connectivity index (χ4n) is 4.82. The van der Waals surface area contributed by atoms with E-state index in [2.05, 4.69) is 0 Å². The van der Waals surface area contributed by atoms with E-state index in [0.717, 1.165) is 5.56 Å². The molecule has 10 heteroatoms. The third-order valence-corrected chi connectivity index (χ3v) is 6.85. The monoisotopic (exact) mass is 513 g/mol. The predicted molar refractivity (Wildman–Crippen MR) is 136 cm³/mol. The minimum absolute atomic E-state index is 0.0844. The Bertz CT molecular complexity index is 1290. The molecule has 2 N–H and O–H groups in total. The maximum atomic E-state index is 15.1. The zero-order chi connectivity index (χ0) is 27.2. The Morgan fingerprint density at radius 3 is 2.51 bits per heavy atom. The van der Waals surface area contributed by atoms with Gasteiger partial charge in [0.05, 0.1) is 38.6 Å². The second-order valence-corrected chi connectivity index (χ2v) is 10.3. The van der Waals surface area contributed by atoms with Crippen LogP contribution in [0.3, 0.4) is 0 Å². The molecule has 1 atom stereocenters. The normalized spacial score (nSPS) is 15.6. The molecule has 37 heavy (non-hydrogen) atoms. The molecule has 0 radical (unpaired) electrons. The summed E-state index contributed by atoms with van der Waals surface area (Å²) in [7, 11) is 2.74. The standard InChI is InChI=1S/C27H32FN3O6/c1-14(26(33)34)31-7-8-37-23-17(27(2,3)4)9-15(10-18(23)31)19(32)13-30-12-16-11-20(35-5)24(36-6)22(28)21(16)25(30)29/h9-11,14,29H,7-8,12-13H2,1-6H3,(H,33,34). The van der Waals surface area contributed by atoms with E-state index in [4.69, 9.17) is 19.6 Å². The number of rotatable bonds is 7. The highest BCUT2D eigenvalue weighted by molar-refractivity contribution is 6.06. The summed E-state index contributed by atoms with van der Waals surface area (Å²) in [5.41, 5.74) is 1.94. The summed E-state index contributed by atoms with van der Waals surface area (Å²) in [5, 5.41) is 18.2. The molecule has 2 aromatic carbocycles. The molecule has 0 amide bonds. The summed E-state index contributed by atoms with van der Waals surface area (Å²) in [6.07, 6.45) is 0. The number of amidine groups is 1. The molecule has 0 aromatic heterocycles. The van der Waals surface area contributed by atoms with Crippen molar-refractivity contribution < 1.29 is 33.3 Å². The average molecular weight is 514 g/mol. The summed E-state index contributed by atoms with van der Waals surface area (Å²) in [6.45, 7) is 8.30. The molecule has 2 heterocycles. The summed E-state index contributed by atoms with van der Waals surface area (Å²) < 4.78 is 31.5. The number of ether oxygens (including phenoxy) is 3. The van der Waals surface area contributed by atoms with Crippen LogP contribution < -0.4 is 19.1 Å². The summed E-state index contributed by atoms with van der Waals surface area (Å²) in [6, 6.07) is 4.24. The number of hydrogen-bond acceptors (Lipinski definition) is 7. The molecule has 2 aliphatic rings. The van der Waals surface area contributed by atoms with E-state index < -0.39 is 17.8 Å². The number of halogens is 1. The molecule has 0 aliphatic carbocycles. The molecule has 0 spiro atoms. The molecule has 2 aliphatic heterocycles. The van der Waals surface area contributed by atoms with Gasteiger partial charge in [-0.15, -0.1) is 0 Å². The van der Waals surface area contributed by atoms with Crippen LogP contribution in [0.25, 0.3) is 0 Å². The molecule has 1 unspecified atom stereocenters. The van der Waals surface area contributed by atoms with Crippen LogP contribution in [0.4, 0.5) is 10.1 Å². The second kappa shape index (κ2) is 9.57. The van der Waals surface area contributed by atoms with Gasteiger partial charge in [0, 0.05) is 17.7 Å². The Morgan fingerprint density at radius 1 is 1.22 bits per heavy atom. The van der Waals surface area contributed by atoms with Crippen molar-refractivity contribution in [2.24, 2.45) is 0 Å². The lowest BCUT2D eigenvalue weighted by Gasteiger charge is -2.37. The van der Waals surface area contributed by atoms with Crippen LogP contribution in [0.15, 0.2) is 18.2 Å². The maximum absolute atomic E-state index is 15.1. The van der Waals surface area contributed by atoms with Crippen LogP contribution in [0.1, 0.15) is 54.7 Å². The Morgan fingerprint density at radius 2 is 1.92 bits per heavy atom. The number of benzene rings is 2. The summed E-state index contributed by atoms with van der Waals surface area (Å²) in [4.78, 5) is 28.6. The quantitative estimate of drug-likeness (QED) is 0.537. The van der Waals surface area contributed by atoms with E-state index in [0.29, 0.717) is 35.7 Å². The average Bonchev–Trinajstić information content (AvgIpc) is 3.16. The van der Waals surface area contributed by atoms with Gasteiger partial charge in [-0.3, -0.25) is 10.2 Å². The number of hydrogen-bond donors (Lipinski definition) is 2. The van der Waals surface area contributed by atoms with Gasteiger partial charge >= 0.3 is 5.97 Å². The summed E-state index contributed by atoms with van der Waals surface area (Å²) >= 11 is 0. The van der Waals surface area contributed by atoms with E-state index in [1.165, 1.54) is 19.1 Å². The molecule has 198 valence electrons. The molecule has 0 fully saturated rings. The van der Waals surface area contributed by atoms with Gasteiger partial charge in [-0.25, -0.2) is 9.18 Å². The van der Waals surface area contributed by atoms with Crippen molar-refractivity contribution in [3.63, 3.8) is 0 Å². The van der Waals surface area contributed by atoms with E-state index in [1.54, 1.807) is 30.0 Å². The molecule has 0 bridgehead atoms. The molecule has 4 rings (SSSR count). The number of carboxylic acid groups (broad SMARTS) is 1. The van der Waals surface area contributed by atoms with Crippen molar-refractivity contribution in [3.05, 3.63) is 46.3 Å². The topological polar surface area (TPSA) is 112 Å². The lowest BCUT2D eigenvalue weighted by atomic mass is 9.84. The highest BCUT2D eigenvalue weighted by atomic mass is 19.1. The first-order chi connectivity index (χ1) is 17.4. The maximum Gasteiger partial charge on any atom is 0.326 e. The number of anilines is 1. The smallest absolute Gasteiger partial charge is 0.326 e. The third kappa shape index (κ3) is 4.56. The summed E-state index contributed by atoms with van der Waals surface area (Å²) in [5.74, 6) is -1.35. The highest BCUT2D eigenvalue weighted by Gasteiger charge is 2.35. The Labute approximate surface area is 215 Å².